The van der Waals surface area contributed by atoms with E-state index in [1.165, 1.54) is 49.2 Å². The first-order valence-electron chi connectivity index (χ1n) is 7.43. The molecule has 1 N–H and O–H groups in total. The Morgan fingerprint density at radius 1 is 1.40 bits per heavy atom. The zero-order valence-corrected chi connectivity index (χ0v) is 13.0. The lowest BCUT2D eigenvalue weighted by molar-refractivity contribution is 0.0875. The average Bonchev–Trinajstić information content (AvgIpc) is 2.89. The largest absolute Gasteiger partial charge is 0.384 e. The minimum Gasteiger partial charge on any atom is -0.384 e. The molecule has 1 fully saturated rings. The van der Waals surface area contributed by atoms with Gasteiger partial charge in [0.05, 0.1) is 6.61 Å². The Bertz CT molecular complexity index is 436. The van der Waals surface area contributed by atoms with E-state index < -0.39 is 0 Å². The molecule has 2 heterocycles. The van der Waals surface area contributed by atoms with Crippen molar-refractivity contribution >= 4 is 18.1 Å². The molecular formula is C16H25ClN2O. The van der Waals surface area contributed by atoms with Crippen molar-refractivity contribution in [1.29, 1.82) is 0 Å². The highest BCUT2D eigenvalue weighted by molar-refractivity contribution is 5.85. The number of likely N-dealkylation sites (tertiary alicyclic amines) is 1. The molecule has 2 aliphatic rings. The molecule has 1 unspecified atom stereocenters. The maximum atomic E-state index is 5.31. The molecule has 0 saturated carbocycles. The summed E-state index contributed by atoms with van der Waals surface area (Å²) in [5.41, 5.74) is 4.35. The second kappa shape index (κ2) is 7.30. The average molecular weight is 297 g/mol. The molecule has 1 atom stereocenters. The second-order valence-electron chi connectivity index (χ2n) is 5.83. The highest BCUT2D eigenvalue weighted by atomic mass is 35.5. The minimum absolute atomic E-state index is 0. The minimum atomic E-state index is 0. The maximum Gasteiger partial charge on any atom is 0.0502 e. The van der Waals surface area contributed by atoms with Crippen LogP contribution in [0.15, 0.2) is 18.2 Å². The fraction of sp³-hybridized carbons (Fsp3) is 0.625. The fourth-order valence-electron chi connectivity index (χ4n) is 3.45. The Morgan fingerprint density at radius 2 is 2.30 bits per heavy atom. The Kier molecular flexibility index (Phi) is 5.70. The van der Waals surface area contributed by atoms with E-state index in [-0.39, 0.29) is 12.4 Å². The van der Waals surface area contributed by atoms with Crippen LogP contribution >= 0.6 is 12.4 Å². The number of rotatable bonds is 4. The number of para-hydroxylation sites is 1. The molecular weight excluding hydrogens is 272 g/mol. The van der Waals surface area contributed by atoms with Crippen molar-refractivity contribution in [3.8, 4) is 0 Å². The predicted octanol–water partition coefficient (Wildman–Crippen LogP) is 2.93. The number of nitrogens with zero attached hydrogens (tertiary/aromatic N) is 1. The molecule has 4 heteroatoms. The van der Waals surface area contributed by atoms with Crippen molar-refractivity contribution in [2.24, 2.45) is 5.92 Å². The summed E-state index contributed by atoms with van der Waals surface area (Å²) in [6, 6.07) is 6.73. The molecule has 0 amide bonds. The van der Waals surface area contributed by atoms with Gasteiger partial charge in [-0.25, -0.2) is 0 Å². The number of piperidine rings is 1. The zero-order chi connectivity index (χ0) is 13.1. The van der Waals surface area contributed by atoms with Gasteiger partial charge in [0, 0.05) is 32.4 Å². The van der Waals surface area contributed by atoms with Gasteiger partial charge in [-0.2, -0.15) is 0 Å². The van der Waals surface area contributed by atoms with Crippen molar-refractivity contribution < 1.29 is 4.74 Å². The zero-order valence-electron chi connectivity index (χ0n) is 12.2. The highest BCUT2D eigenvalue weighted by Crippen LogP contribution is 2.28. The van der Waals surface area contributed by atoms with Crippen molar-refractivity contribution in [2.75, 3.05) is 38.7 Å². The molecule has 0 aliphatic carbocycles. The first-order valence-corrected chi connectivity index (χ1v) is 7.43. The Hall–Kier alpha value is -0.770. The van der Waals surface area contributed by atoms with Gasteiger partial charge in [0.25, 0.3) is 0 Å². The molecule has 112 valence electrons. The normalized spacial score (nSPS) is 21.9. The molecule has 0 spiro atoms. The van der Waals surface area contributed by atoms with Crippen LogP contribution in [0.25, 0.3) is 0 Å². The van der Waals surface area contributed by atoms with Crippen LogP contribution < -0.4 is 5.32 Å². The second-order valence-corrected chi connectivity index (χ2v) is 5.83. The Morgan fingerprint density at radius 3 is 3.15 bits per heavy atom. The number of anilines is 1. The van der Waals surface area contributed by atoms with Crippen molar-refractivity contribution in [3.63, 3.8) is 0 Å². The number of methoxy groups -OCH3 is 1. The van der Waals surface area contributed by atoms with Crippen LogP contribution in [-0.2, 0) is 17.7 Å². The number of hydrogen-bond donors (Lipinski definition) is 1. The topological polar surface area (TPSA) is 24.5 Å². The summed E-state index contributed by atoms with van der Waals surface area (Å²) in [7, 11) is 1.81. The number of halogens is 1. The van der Waals surface area contributed by atoms with Gasteiger partial charge < -0.3 is 10.1 Å². The van der Waals surface area contributed by atoms with E-state index in [9.17, 15) is 0 Å². The summed E-state index contributed by atoms with van der Waals surface area (Å²) in [5, 5.41) is 3.54. The van der Waals surface area contributed by atoms with Crippen LogP contribution in [0.3, 0.4) is 0 Å². The quantitative estimate of drug-likeness (QED) is 0.924. The van der Waals surface area contributed by atoms with Gasteiger partial charge in [-0.3, -0.25) is 4.90 Å². The van der Waals surface area contributed by atoms with Gasteiger partial charge in [-0.15, -0.1) is 12.4 Å². The van der Waals surface area contributed by atoms with Gasteiger partial charge >= 0.3 is 0 Å². The number of fused-ring (bicyclic) bond motifs is 1. The summed E-state index contributed by atoms with van der Waals surface area (Å²) in [4.78, 5) is 2.59. The summed E-state index contributed by atoms with van der Waals surface area (Å²) in [6.45, 7) is 5.48. The summed E-state index contributed by atoms with van der Waals surface area (Å²) < 4.78 is 5.31. The predicted molar refractivity (Wildman–Crippen MR) is 85.8 cm³/mol. The van der Waals surface area contributed by atoms with Crippen LogP contribution in [0.5, 0.6) is 0 Å². The third-order valence-electron chi connectivity index (χ3n) is 4.33. The van der Waals surface area contributed by atoms with Crippen molar-refractivity contribution in [3.05, 3.63) is 29.3 Å². The molecule has 3 nitrogen and oxygen atoms in total. The molecule has 20 heavy (non-hydrogen) atoms. The van der Waals surface area contributed by atoms with Gasteiger partial charge in [0.1, 0.15) is 0 Å². The van der Waals surface area contributed by atoms with Crippen LogP contribution in [0.1, 0.15) is 24.0 Å². The smallest absolute Gasteiger partial charge is 0.0502 e. The SMILES string of the molecule is COCC1CCCN(Cc2cccc3c2NCC3)C1.Cl. The monoisotopic (exact) mass is 296 g/mol. The molecule has 1 aromatic carbocycles. The van der Waals surface area contributed by atoms with Gasteiger partial charge in [-0.1, -0.05) is 18.2 Å². The molecule has 0 aromatic heterocycles. The van der Waals surface area contributed by atoms with Gasteiger partial charge in [0.2, 0.25) is 0 Å². The van der Waals surface area contributed by atoms with E-state index in [0.717, 1.165) is 19.7 Å². The lowest BCUT2D eigenvalue weighted by Crippen LogP contribution is -2.36. The molecule has 0 radical (unpaired) electrons. The van der Waals surface area contributed by atoms with Crippen LogP contribution in [-0.4, -0.2) is 38.3 Å². The molecule has 2 aliphatic heterocycles. The van der Waals surface area contributed by atoms with E-state index in [1.54, 1.807) is 0 Å². The standard InChI is InChI=1S/C16H24N2O.ClH/c1-19-12-13-4-3-9-18(10-13)11-15-6-2-5-14-7-8-17-16(14)15;/h2,5-6,13,17H,3-4,7-12H2,1H3;1H. The summed E-state index contributed by atoms with van der Waals surface area (Å²) in [6.07, 6.45) is 3.79. The van der Waals surface area contributed by atoms with E-state index >= 15 is 0 Å². The van der Waals surface area contributed by atoms with Gasteiger partial charge in [-0.05, 0) is 42.9 Å². The molecule has 1 aromatic rings. The first-order chi connectivity index (χ1) is 9.36. The molecule has 0 bridgehead atoms. The molecule has 3 rings (SSSR count). The maximum absolute atomic E-state index is 5.31. The van der Waals surface area contributed by atoms with Crippen LogP contribution in [0.4, 0.5) is 5.69 Å². The first kappa shape index (κ1) is 15.6. The molecule has 1 saturated heterocycles. The number of hydrogen-bond acceptors (Lipinski definition) is 3. The Balaban J connectivity index is 0.00000147. The number of nitrogens with one attached hydrogen (secondary N) is 1. The lowest BCUT2D eigenvalue weighted by atomic mass is 9.98. The van der Waals surface area contributed by atoms with E-state index in [4.69, 9.17) is 4.74 Å². The lowest BCUT2D eigenvalue weighted by Gasteiger charge is -2.32. The van der Waals surface area contributed by atoms with Crippen molar-refractivity contribution in [2.45, 2.75) is 25.8 Å². The van der Waals surface area contributed by atoms with Gasteiger partial charge in [0.15, 0.2) is 0 Å². The number of benzene rings is 1. The van der Waals surface area contributed by atoms with E-state index in [2.05, 4.69) is 28.4 Å². The van der Waals surface area contributed by atoms with Crippen LogP contribution in [0, 0.1) is 5.92 Å². The summed E-state index contributed by atoms with van der Waals surface area (Å²) in [5.74, 6) is 0.712. The Labute approximate surface area is 128 Å². The van der Waals surface area contributed by atoms with E-state index in [1.807, 2.05) is 7.11 Å². The highest BCUT2D eigenvalue weighted by Gasteiger charge is 2.21. The third kappa shape index (κ3) is 3.46. The van der Waals surface area contributed by atoms with E-state index in [0.29, 0.717) is 5.92 Å². The van der Waals surface area contributed by atoms with Crippen molar-refractivity contribution in [1.82, 2.24) is 4.90 Å². The third-order valence-corrected chi connectivity index (χ3v) is 4.33. The summed E-state index contributed by atoms with van der Waals surface area (Å²) >= 11 is 0. The van der Waals surface area contributed by atoms with Crippen LogP contribution in [0.2, 0.25) is 0 Å². The fourth-order valence-corrected chi connectivity index (χ4v) is 3.45. The number of ether oxygens (including phenoxy) is 1.